The van der Waals surface area contributed by atoms with Gasteiger partial charge >= 0.3 is 0 Å². The average Bonchev–Trinajstić information content (AvgIpc) is 2.74. The standard InChI is InChI=1S/C20H26O.C7H17N/c1-4-16-11-9-14(2)13-19(16)21-20-15(3)10-12-17-7-5-6-8-18(17)20;1-3-5-6-7(8)4-2/h6,8-9,11,13,15,20H,4-5,7,10,12H2,1-3H3;7H,3-6,8H2,1-2H3/t15?,20-;/m1./s1. The molecular weight excluding hydrogens is 354 g/mol. The summed E-state index contributed by atoms with van der Waals surface area (Å²) in [6.45, 7) is 11.0. The molecule has 0 amide bonds. The molecule has 0 heterocycles. The van der Waals surface area contributed by atoms with E-state index in [0.717, 1.165) is 18.6 Å². The summed E-state index contributed by atoms with van der Waals surface area (Å²) in [6.07, 6.45) is 15.7. The molecule has 162 valence electrons. The van der Waals surface area contributed by atoms with Crippen molar-refractivity contribution in [2.75, 3.05) is 0 Å². The zero-order chi connectivity index (χ0) is 21.2. The van der Waals surface area contributed by atoms with Gasteiger partial charge in [0.25, 0.3) is 0 Å². The third-order valence-electron chi connectivity index (χ3n) is 6.35. The van der Waals surface area contributed by atoms with E-state index < -0.39 is 0 Å². The molecule has 2 heteroatoms. The summed E-state index contributed by atoms with van der Waals surface area (Å²) in [7, 11) is 0. The quantitative estimate of drug-likeness (QED) is 0.524. The van der Waals surface area contributed by atoms with Gasteiger partial charge in [0.15, 0.2) is 0 Å². The zero-order valence-corrected chi connectivity index (χ0v) is 19.5. The third kappa shape index (κ3) is 7.03. The lowest BCUT2D eigenvalue weighted by Gasteiger charge is -2.35. The maximum Gasteiger partial charge on any atom is 0.126 e. The van der Waals surface area contributed by atoms with E-state index in [1.807, 2.05) is 0 Å². The molecule has 1 aromatic rings. The fraction of sp³-hybridized carbons (Fsp3) is 0.630. The molecule has 29 heavy (non-hydrogen) atoms. The van der Waals surface area contributed by atoms with Crippen LogP contribution >= 0.6 is 0 Å². The van der Waals surface area contributed by atoms with E-state index in [9.17, 15) is 0 Å². The van der Waals surface area contributed by atoms with E-state index in [4.69, 9.17) is 10.5 Å². The Kier molecular flexibility index (Phi) is 10.0. The van der Waals surface area contributed by atoms with Crippen molar-refractivity contribution in [1.29, 1.82) is 0 Å². The van der Waals surface area contributed by atoms with Gasteiger partial charge in [0, 0.05) is 6.04 Å². The largest absolute Gasteiger partial charge is 0.485 e. The molecule has 0 saturated heterocycles. The Morgan fingerprint density at radius 2 is 1.97 bits per heavy atom. The van der Waals surface area contributed by atoms with Crippen molar-refractivity contribution in [3.05, 3.63) is 52.6 Å². The number of hydrogen-bond donors (Lipinski definition) is 1. The molecule has 0 saturated carbocycles. The van der Waals surface area contributed by atoms with Crippen molar-refractivity contribution in [3.8, 4) is 5.75 Å². The molecule has 2 N–H and O–H groups in total. The SMILES string of the molecule is CCCCC(N)CC.CCc1ccc(C)cc1O[C@H]1C2=C(CCC=C2)CCC1C. The third-order valence-corrected chi connectivity index (χ3v) is 6.35. The van der Waals surface area contributed by atoms with Crippen molar-refractivity contribution in [1.82, 2.24) is 0 Å². The van der Waals surface area contributed by atoms with Crippen LogP contribution in [-0.4, -0.2) is 12.1 Å². The molecule has 3 atom stereocenters. The van der Waals surface area contributed by atoms with Gasteiger partial charge in [0.05, 0.1) is 0 Å². The molecule has 1 aromatic carbocycles. The number of ether oxygens (including phenoxy) is 1. The molecule has 0 fully saturated rings. The van der Waals surface area contributed by atoms with E-state index in [-0.39, 0.29) is 6.10 Å². The van der Waals surface area contributed by atoms with Crippen LogP contribution in [-0.2, 0) is 6.42 Å². The van der Waals surface area contributed by atoms with Crippen LogP contribution in [0, 0.1) is 12.8 Å². The second-order valence-corrected chi connectivity index (χ2v) is 8.83. The van der Waals surface area contributed by atoms with Crippen LogP contribution in [0.3, 0.4) is 0 Å². The minimum Gasteiger partial charge on any atom is -0.485 e. The Balaban J connectivity index is 0.000000321. The van der Waals surface area contributed by atoms with Gasteiger partial charge < -0.3 is 10.5 Å². The minimum absolute atomic E-state index is 0.234. The minimum atomic E-state index is 0.234. The Bertz CT molecular complexity index is 688. The second kappa shape index (κ2) is 12.2. The predicted molar refractivity (Wildman–Crippen MR) is 127 cm³/mol. The highest BCUT2D eigenvalue weighted by molar-refractivity contribution is 5.41. The predicted octanol–water partition coefficient (Wildman–Crippen LogP) is 7.30. The van der Waals surface area contributed by atoms with Crippen molar-refractivity contribution in [2.45, 2.75) is 105 Å². The molecule has 0 radical (unpaired) electrons. The molecule has 2 aliphatic carbocycles. The first kappa shape index (κ1) is 23.7. The fourth-order valence-electron chi connectivity index (χ4n) is 4.21. The number of benzene rings is 1. The van der Waals surface area contributed by atoms with Crippen LogP contribution in [0.15, 0.2) is 41.5 Å². The Morgan fingerprint density at radius 3 is 2.66 bits per heavy atom. The van der Waals surface area contributed by atoms with Gasteiger partial charge in [-0.1, -0.05) is 70.4 Å². The lowest BCUT2D eigenvalue weighted by Crippen LogP contribution is -2.32. The molecule has 2 nitrogen and oxygen atoms in total. The summed E-state index contributed by atoms with van der Waals surface area (Å²) in [5, 5.41) is 0. The van der Waals surface area contributed by atoms with Gasteiger partial charge in [-0.25, -0.2) is 0 Å². The Hall–Kier alpha value is -1.54. The number of unbranched alkanes of at least 4 members (excludes halogenated alkanes) is 1. The first-order valence-corrected chi connectivity index (χ1v) is 11.9. The summed E-state index contributed by atoms with van der Waals surface area (Å²) in [5.74, 6) is 1.68. The highest BCUT2D eigenvalue weighted by Gasteiger charge is 2.30. The van der Waals surface area contributed by atoms with Gasteiger partial charge in [0.2, 0.25) is 0 Å². The van der Waals surface area contributed by atoms with Crippen molar-refractivity contribution >= 4 is 0 Å². The number of hydrogen-bond acceptors (Lipinski definition) is 2. The maximum absolute atomic E-state index is 6.53. The summed E-state index contributed by atoms with van der Waals surface area (Å²) in [4.78, 5) is 0. The number of nitrogens with two attached hydrogens (primary N) is 1. The first-order chi connectivity index (χ1) is 14.0. The highest BCUT2D eigenvalue weighted by Crippen LogP contribution is 2.38. The van der Waals surface area contributed by atoms with Gasteiger partial charge in [0.1, 0.15) is 11.9 Å². The van der Waals surface area contributed by atoms with Gasteiger partial charge in [-0.2, -0.15) is 0 Å². The number of aryl methyl sites for hydroxylation is 2. The van der Waals surface area contributed by atoms with Crippen LogP contribution in [0.5, 0.6) is 5.75 Å². The summed E-state index contributed by atoms with van der Waals surface area (Å²) >= 11 is 0. The molecule has 2 aliphatic rings. The fourth-order valence-corrected chi connectivity index (χ4v) is 4.21. The van der Waals surface area contributed by atoms with Crippen LogP contribution in [0.1, 0.15) is 90.2 Å². The first-order valence-electron chi connectivity index (χ1n) is 11.9. The van der Waals surface area contributed by atoms with E-state index in [1.165, 1.54) is 61.6 Å². The van der Waals surface area contributed by atoms with Gasteiger partial charge in [-0.05, 0) is 80.6 Å². The van der Waals surface area contributed by atoms with Gasteiger partial charge in [-0.3, -0.25) is 0 Å². The second-order valence-electron chi connectivity index (χ2n) is 8.83. The molecule has 3 rings (SSSR count). The monoisotopic (exact) mass is 397 g/mol. The molecule has 0 aromatic heterocycles. The lowest BCUT2D eigenvalue weighted by atomic mass is 9.78. The van der Waals surface area contributed by atoms with Crippen LogP contribution in [0.25, 0.3) is 0 Å². The Labute approximate surface area is 179 Å². The molecule has 0 aliphatic heterocycles. The lowest BCUT2D eigenvalue weighted by molar-refractivity contribution is 0.161. The van der Waals surface area contributed by atoms with Crippen LogP contribution in [0.4, 0.5) is 0 Å². The van der Waals surface area contributed by atoms with Crippen LogP contribution < -0.4 is 10.5 Å². The Morgan fingerprint density at radius 1 is 1.17 bits per heavy atom. The molecule has 0 spiro atoms. The molecule has 0 bridgehead atoms. The topological polar surface area (TPSA) is 35.2 Å². The number of rotatable bonds is 7. The van der Waals surface area contributed by atoms with E-state index in [1.54, 1.807) is 5.57 Å². The van der Waals surface area contributed by atoms with Crippen molar-refractivity contribution < 1.29 is 4.74 Å². The van der Waals surface area contributed by atoms with E-state index in [2.05, 4.69) is 65.0 Å². The normalized spacial score (nSPS) is 21.9. The average molecular weight is 398 g/mol. The van der Waals surface area contributed by atoms with E-state index >= 15 is 0 Å². The van der Waals surface area contributed by atoms with E-state index in [0.29, 0.717) is 12.0 Å². The molecular formula is C27H43NO. The molecule has 2 unspecified atom stereocenters. The van der Waals surface area contributed by atoms with Gasteiger partial charge in [-0.15, -0.1) is 0 Å². The van der Waals surface area contributed by atoms with Crippen molar-refractivity contribution in [2.24, 2.45) is 11.7 Å². The smallest absolute Gasteiger partial charge is 0.126 e. The summed E-state index contributed by atoms with van der Waals surface area (Å²) in [6, 6.07) is 7.05. The van der Waals surface area contributed by atoms with Crippen LogP contribution in [0.2, 0.25) is 0 Å². The summed E-state index contributed by atoms with van der Waals surface area (Å²) in [5.41, 5.74) is 11.3. The summed E-state index contributed by atoms with van der Waals surface area (Å²) < 4.78 is 6.53. The highest BCUT2D eigenvalue weighted by atomic mass is 16.5. The number of allylic oxidation sites excluding steroid dienone is 2. The maximum atomic E-state index is 6.53. The zero-order valence-electron chi connectivity index (χ0n) is 19.5. The van der Waals surface area contributed by atoms with Crippen molar-refractivity contribution in [3.63, 3.8) is 0 Å².